The third-order valence-electron chi connectivity index (χ3n) is 7.83. The number of methoxy groups -OCH3 is 2. The SMILES string of the molecule is COCCCOc1cc(CC(CC(N)C(O)CC(C(=O)NCC2CN(C)C2)C(C)C)C(C)C)ccc1OC. The van der Waals surface area contributed by atoms with Crippen LogP contribution in [-0.2, 0) is 16.0 Å². The maximum atomic E-state index is 12.9. The molecule has 1 aliphatic rings. The van der Waals surface area contributed by atoms with Gasteiger partial charge in [-0.1, -0.05) is 33.8 Å². The van der Waals surface area contributed by atoms with Crippen LogP contribution >= 0.6 is 0 Å². The van der Waals surface area contributed by atoms with Crippen LogP contribution in [-0.4, -0.2) is 82.2 Å². The highest BCUT2D eigenvalue weighted by Gasteiger charge is 2.31. The lowest BCUT2D eigenvalue weighted by Gasteiger charge is -2.36. The van der Waals surface area contributed by atoms with Gasteiger partial charge in [-0.2, -0.15) is 0 Å². The third kappa shape index (κ3) is 10.4. The molecule has 0 radical (unpaired) electrons. The van der Waals surface area contributed by atoms with Crippen molar-refractivity contribution in [2.75, 3.05) is 54.1 Å². The Kier molecular flexibility index (Phi) is 13.9. The second kappa shape index (κ2) is 16.3. The molecule has 1 aromatic rings. The van der Waals surface area contributed by atoms with Gasteiger partial charge in [0.05, 0.1) is 19.8 Å². The van der Waals surface area contributed by atoms with Crippen molar-refractivity contribution >= 4 is 5.91 Å². The molecule has 4 N–H and O–H groups in total. The number of hydrogen-bond acceptors (Lipinski definition) is 7. The van der Waals surface area contributed by atoms with E-state index in [0.29, 0.717) is 50.2 Å². The number of hydrogen-bond donors (Lipinski definition) is 3. The van der Waals surface area contributed by atoms with Gasteiger partial charge in [-0.05, 0) is 61.8 Å². The molecule has 8 heteroatoms. The standard InChI is InChI=1S/C30H53N3O5/c1-20(2)24(13-22-9-10-28(37-7)29(14-22)38-12-8-11-36-6)15-26(31)27(34)16-25(21(3)4)30(35)32-17-23-18-33(5)19-23/h9-10,14,20-21,23-27,34H,8,11-13,15-19,31H2,1-7H3,(H,32,35). The van der Waals surface area contributed by atoms with Gasteiger partial charge in [-0.3, -0.25) is 4.79 Å². The van der Waals surface area contributed by atoms with Gasteiger partial charge in [0.25, 0.3) is 0 Å². The van der Waals surface area contributed by atoms with Crippen molar-refractivity contribution < 1.29 is 24.1 Å². The van der Waals surface area contributed by atoms with E-state index in [4.69, 9.17) is 19.9 Å². The molecule has 1 aromatic carbocycles. The first-order chi connectivity index (χ1) is 18.0. The summed E-state index contributed by atoms with van der Waals surface area (Å²) in [6.45, 7) is 12.4. The molecular weight excluding hydrogens is 482 g/mol. The molecule has 0 bridgehead atoms. The van der Waals surface area contributed by atoms with Gasteiger partial charge in [0.15, 0.2) is 11.5 Å². The Morgan fingerprint density at radius 3 is 2.39 bits per heavy atom. The maximum Gasteiger partial charge on any atom is 0.223 e. The van der Waals surface area contributed by atoms with Gasteiger partial charge < -0.3 is 35.3 Å². The van der Waals surface area contributed by atoms with Crippen LogP contribution < -0.4 is 20.5 Å². The molecular formula is C30H53N3O5. The van der Waals surface area contributed by atoms with Crippen LogP contribution in [0.25, 0.3) is 0 Å². The zero-order valence-electron chi connectivity index (χ0n) is 24.7. The summed E-state index contributed by atoms with van der Waals surface area (Å²) in [5.74, 6) is 2.51. The van der Waals surface area contributed by atoms with Crippen LogP contribution in [0.5, 0.6) is 11.5 Å². The first-order valence-electron chi connectivity index (χ1n) is 14.2. The second-order valence-electron chi connectivity index (χ2n) is 11.8. The van der Waals surface area contributed by atoms with Gasteiger partial charge in [-0.25, -0.2) is 0 Å². The van der Waals surface area contributed by atoms with E-state index in [1.807, 2.05) is 26.0 Å². The Balaban J connectivity index is 1.97. The fourth-order valence-electron chi connectivity index (χ4n) is 5.20. The summed E-state index contributed by atoms with van der Waals surface area (Å²) in [5, 5.41) is 14.2. The molecule has 0 aliphatic carbocycles. The number of carbonyl (C=O) groups excluding carboxylic acids is 1. The summed E-state index contributed by atoms with van der Waals surface area (Å²) in [4.78, 5) is 15.2. The van der Waals surface area contributed by atoms with Crippen molar-refractivity contribution in [3.05, 3.63) is 23.8 Å². The van der Waals surface area contributed by atoms with Crippen LogP contribution in [0.3, 0.4) is 0 Å². The van der Waals surface area contributed by atoms with E-state index in [-0.39, 0.29) is 23.7 Å². The van der Waals surface area contributed by atoms with Gasteiger partial charge in [0, 0.05) is 57.6 Å². The average molecular weight is 536 g/mol. The minimum Gasteiger partial charge on any atom is -0.493 e. The maximum absolute atomic E-state index is 12.9. The first-order valence-corrected chi connectivity index (χ1v) is 14.2. The van der Waals surface area contributed by atoms with E-state index >= 15 is 0 Å². The molecule has 218 valence electrons. The lowest BCUT2D eigenvalue weighted by atomic mass is 9.80. The van der Waals surface area contributed by atoms with Gasteiger partial charge >= 0.3 is 0 Å². The summed E-state index contributed by atoms with van der Waals surface area (Å²) in [6.07, 6.45) is 1.94. The van der Waals surface area contributed by atoms with Crippen LogP contribution in [0.15, 0.2) is 18.2 Å². The molecule has 1 aliphatic heterocycles. The first kappa shape index (κ1) is 32.3. The van der Waals surface area contributed by atoms with Crippen LogP contribution in [0.1, 0.15) is 52.5 Å². The van der Waals surface area contributed by atoms with E-state index < -0.39 is 12.1 Å². The second-order valence-corrected chi connectivity index (χ2v) is 11.8. The number of ether oxygens (including phenoxy) is 3. The Morgan fingerprint density at radius 1 is 1.11 bits per heavy atom. The third-order valence-corrected chi connectivity index (χ3v) is 7.83. The number of amides is 1. The number of nitrogens with one attached hydrogen (secondary N) is 1. The number of likely N-dealkylation sites (tertiary alicyclic amines) is 1. The molecule has 2 rings (SSSR count). The number of aliphatic hydroxyl groups is 1. The fraction of sp³-hybridized carbons (Fsp3) is 0.767. The highest BCUT2D eigenvalue weighted by atomic mass is 16.5. The monoisotopic (exact) mass is 535 g/mol. The normalized spacial score (nSPS) is 17.7. The highest BCUT2D eigenvalue weighted by molar-refractivity contribution is 5.78. The van der Waals surface area contributed by atoms with Crippen LogP contribution in [0.2, 0.25) is 0 Å². The highest BCUT2D eigenvalue weighted by Crippen LogP contribution is 2.32. The quantitative estimate of drug-likeness (QED) is 0.248. The lowest BCUT2D eigenvalue weighted by Crippen LogP contribution is -2.50. The Morgan fingerprint density at radius 2 is 1.82 bits per heavy atom. The molecule has 38 heavy (non-hydrogen) atoms. The zero-order chi connectivity index (χ0) is 28.2. The van der Waals surface area contributed by atoms with Gasteiger partial charge in [-0.15, -0.1) is 0 Å². The van der Waals surface area contributed by atoms with E-state index in [1.165, 1.54) is 0 Å². The Bertz CT molecular complexity index is 828. The zero-order valence-corrected chi connectivity index (χ0v) is 24.7. The van der Waals surface area contributed by atoms with Gasteiger partial charge in [0.2, 0.25) is 5.91 Å². The molecule has 1 saturated heterocycles. The van der Waals surface area contributed by atoms with Crippen molar-refractivity contribution in [3.8, 4) is 11.5 Å². The Labute approximate surface area is 230 Å². The van der Waals surface area contributed by atoms with Crippen LogP contribution in [0, 0.1) is 29.6 Å². The van der Waals surface area contributed by atoms with Crippen molar-refractivity contribution in [2.45, 2.75) is 65.5 Å². The minimum absolute atomic E-state index is 0.0254. The van der Waals surface area contributed by atoms with Crippen LogP contribution in [0.4, 0.5) is 0 Å². The lowest BCUT2D eigenvalue weighted by molar-refractivity contribution is -0.128. The van der Waals surface area contributed by atoms with E-state index in [2.05, 4.69) is 37.2 Å². The number of nitrogens with zero attached hydrogens (tertiary/aromatic N) is 1. The van der Waals surface area contributed by atoms with Crippen molar-refractivity contribution in [3.63, 3.8) is 0 Å². The number of aliphatic hydroxyl groups excluding tert-OH is 1. The smallest absolute Gasteiger partial charge is 0.223 e. The molecule has 0 spiro atoms. The summed E-state index contributed by atoms with van der Waals surface area (Å²) in [6, 6.07) is 5.65. The van der Waals surface area contributed by atoms with E-state index in [9.17, 15) is 9.90 Å². The molecule has 1 heterocycles. The number of carbonyl (C=O) groups is 1. The molecule has 8 nitrogen and oxygen atoms in total. The molecule has 0 saturated carbocycles. The summed E-state index contributed by atoms with van der Waals surface area (Å²) >= 11 is 0. The van der Waals surface area contributed by atoms with Crippen molar-refractivity contribution in [1.29, 1.82) is 0 Å². The molecule has 1 fully saturated rings. The fourth-order valence-corrected chi connectivity index (χ4v) is 5.20. The summed E-state index contributed by atoms with van der Waals surface area (Å²) in [7, 11) is 5.41. The van der Waals surface area contributed by atoms with Crippen molar-refractivity contribution in [1.82, 2.24) is 10.2 Å². The Hall–Kier alpha value is -1.87. The molecule has 4 atom stereocenters. The van der Waals surface area contributed by atoms with Gasteiger partial charge in [0.1, 0.15) is 0 Å². The summed E-state index contributed by atoms with van der Waals surface area (Å²) in [5.41, 5.74) is 7.70. The summed E-state index contributed by atoms with van der Waals surface area (Å²) < 4.78 is 16.6. The number of benzene rings is 1. The predicted molar refractivity (Wildman–Crippen MR) is 153 cm³/mol. The molecule has 0 aromatic heterocycles. The minimum atomic E-state index is -0.736. The van der Waals surface area contributed by atoms with E-state index in [1.54, 1.807) is 14.2 Å². The van der Waals surface area contributed by atoms with Crippen molar-refractivity contribution in [2.24, 2.45) is 35.3 Å². The number of nitrogens with two attached hydrogens (primary N) is 1. The average Bonchev–Trinajstić information content (AvgIpc) is 2.86. The largest absolute Gasteiger partial charge is 0.493 e. The number of rotatable bonds is 18. The predicted octanol–water partition coefficient (Wildman–Crippen LogP) is 3.34. The molecule has 1 amide bonds. The van der Waals surface area contributed by atoms with E-state index in [0.717, 1.165) is 37.2 Å². The topological polar surface area (TPSA) is 106 Å². The molecule has 4 unspecified atom stereocenters.